The minimum atomic E-state index is -0.496. The first kappa shape index (κ1) is 22.0. The number of anilines is 1. The zero-order valence-corrected chi connectivity index (χ0v) is 18.6. The summed E-state index contributed by atoms with van der Waals surface area (Å²) in [5.41, 5.74) is 3.04. The number of nitrogens with one attached hydrogen (secondary N) is 2. The number of para-hydroxylation sites is 1. The van der Waals surface area contributed by atoms with Gasteiger partial charge in [0.25, 0.3) is 5.91 Å². The minimum absolute atomic E-state index is 0.115. The summed E-state index contributed by atoms with van der Waals surface area (Å²) >= 11 is 1.34. The van der Waals surface area contributed by atoms with Crippen molar-refractivity contribution in [1.29, 1.82) is 0 Å². The smallest absolute Gasteiger partial charge is 0.319 e. The summed E-state index contributed by atoms with van der Waals surface area (Å²) in [6.45, 7) is 2.94. The van der Waals surface area contributed by atoms with Crippen LogP contribution in [0.15, 0.2) is 53.9 Å². The quantitative estimate of drug-likeness (QED) is 0.567. The van der Waals surface area contributed by atoms with Gasteiger partial charge in [0.05, 0.1) is 11.4 Å². The van der Waals surface area contributed by atoms with Crippen molar-refractivity contribution in [2.75, 3.05) is 18.4 Å². The number of amides is 3. The molecule has 2 aromatic carbocycles. The Morgan fingerprint density at radius 1 is 1.16 bits per heavy atom. The lowest BCUT2D eigenvalue weighted by atomic mass is 10.0. The van der Waals surface area contributed by atoms with Crippen LogP contribution in [0.4, 0.5) is 14.9 Å². The molecule has 0 aliphatic carbocycles. The summed E-state index contributed by atoms with van der Waals surface area (Å²) in [6.07, 6.45) is 2.69. The monoisotopic (exact) mass is 452 g/mol. The summed E-state index contributed by atoms with van der Waals surface area (Å²) in [5.74, 6) is -0.610. The van der Waals surface area contributed by atoms with E-state index < -0.39 is 11.8 Å². The molecular weight excluding hydrogens is 427 g/mol. The van der Waals surface area contributed by atoms with Crippen molar-refractivity contribution in [2.24, 2.45) is 0 Å². The Bertz CT molecular complexity index is 1120. The molecule has 1 fully saturated rings. The molecule has 1 aromatic heterocycles. The fourth-order valence-corrected chi connectivity index (χ4v) is 4.67. The largest absolute Gasteiger partial charge is 0.336 e. The van der Waals surface area contributed by atoms with E-state index in [1.165, 1.54) is 23.5 Å². The van der Waals surface area contributed by atoms with Gasteiger partial charge in [0.1, 0.15) is 5.82 Å². The van der Waals surface area contributed by atoms with E-state index in [0.29, 0.717) is 18.1 Å². The first-order valence-electron chi connectivity index (χ1n) is 10.6. The molecule has 6 nitrogen and oxygen atoms in total. The normalized spacial score (nSPS) is 15.9. The molecule has 2 N–H and O–H groups in total. The van der Waals surface area contributed by atoms with Crippen LogP contribution >= 0.6 is 11.3 Å². The Morgan fingerprint density at radius 3 is 2.75 bits per heavy atom. The second-order valence-electron chi connectivity index (χ2n) is 7.82. The fourth-order valence-electron chi connectivity index (χ4n) is 3.90. The number of nitrogens with zero attached hydrogens (tertiary/aromatic N) is 2. The third kappa shape index (κ3) is 4.96. The van der Waals surface area contributed by atoms with Gasteiger partial charge >= 0.3 is 6.03 Å². The van der Waals surface area contributed by atoms with Gasteiger partial charge in [-0.05, 0) is 43.9 Å². The van der Waals surface area contributed by atoms with E-state index >= 15 is 0 Å². The van der Waals surface area contributed by atoms with Crippen LogP contribution in [0.2, 0.25) is 0 Å². The van der Waals surface area contributed by atoms with Crippen LogP contribution in [0, 0.1) is 12.7 Å². The van der Waals surface area contributed by atoms with Crippen molar-refractivity contribution in [3.63, 3.8) is 0 Å². The molecule has 1 aliphatic heterocycles. The van der Waals surface area contributed by atoms with Crippen molar-refractivity contribution in [3.05, 3.63) is 70.3 Å². The number of aromatic nitrogens is 1. The van der Waals surface area contributed by atoms with Gasteiger partial charge in [0, 0.05) is 30.1 Å². The minimum Gasteiger partial charge on any atom is -0.336 e. The maximum absolute atomic E-state index is 13.7. The number of piperidine rings is 1. The highest BCUT2D eigenvalue weighted by Gasteiger charge is 2.29. The van der Waals surface area contributed by atoms with Crippen molar-refractivity contribution in [2.45, 2.75) is 32.2 Å². The van der Waals surface area contributed by atoms with Crippen LogP contribution in [0.3, 0.4) is 0 Å². The van der Waals surface area contributed by atoms with E-state index in [9.17, 15) is 14.0 Å². The molecule has 2 heterocycles. The Labute approximate surface area is 190 Å². The highest BCUT2D eigenvalue weighted by Crippen LogP contribution is 2.27. The molecule has 1 aliphatic rings. The molecule has 1 atom stereocenters. The number of likely N-dealkylation sites (tertiary alicyclic amines) is 1. The first-order chi connectivity index (χ1) is 15.5. The molecule has 3 amide bonds. The van der Waals surface area contributed by atoms with Crippen LogP contribution < -0.4 is 10.6 Å². The molecule has 4 rings (SSSR count). The summed E-state index contributed by atoms with van der Waals surface area (Å²) in [7, 11) is 0. The van der Waals surface area contributed by atoms with Gasteiger partial charge < -0.3 is 15.5 Å². The number of rotatable bonds is 5. The average Bonchev–Trinajstić information content (AvgIpc) is 3.29. The number of urea groups is 1. The molecule has 166 valence electrons. The number of benzene rings is 2. The number of hydrogen-bond donors (Lipinski definition) is 2. The fraction of sp³-hybridized carbons (Fsp3) is 0.292. The molecule has 1 saturated heterocycles. The van der Waals surface area contributed by atoms with Crippen molar-refractivity contribution in [3.8, 4) is 11.3 Å². The Morgan fingerprint density at radius 2 is 1.94 bits per heavy atom. The molecule has 0 bridgehead atoms. The second-order valence-corrected chi connectivity index (χ2v) is 8.67. The Balaban J connectivity index is 1.41. The Kier molecular flexibility index (Phi) is 6.80. The highest BCUT2D eigenvalue weighted by molar-refractivity contribution is 7.12. The SMILES string of the molecule is Cc1ccccc1-c1csc(C(=O)N2CCCCC2CNC(=O)Nc2ccccc2F)n1. The molecule has 32 heavy (non-hydrogen) atoms. The van der Waals surface area contributed by atoms with Gasteiger partial charge in [0.15, 0.2) is 5.01 Å². The van der Waals surface area contributed by atoms with E-state index in [0.717, 1.165) is 36.1 Å². The molecule has 8 heteroatoms. The summed E-state index contributed by atoms with van der Waals surface area (Å²) < 4.78 is 13.7. The van der Waals surface area contributed by atoms with Crippen LogP contribution in [0.25, 0.3) is 11.3 Å². The number of thiazole rings is 1. The molecule has 1 unspecified atom stereocenters. The van der Waals surface area contributed by atoms with Gasteiger partial charge in [0.2, 0.25) is 0 Å². The zero-order valence-electron chi connectivity index (χ0n) is 17.8. The maximum Gasteiger partial charge on any atom is 0.319 e. The van der Waals surface area contributed by atoms with Gasteiger partial charge in [-0.25, -0.2) is 14.2 Å². The number of carbonyl (C=O) groups excluding carboxylic acids is 2. The first-order valence-corrected chi connectivity index (χ1v) is 11.5. The molecule has 0 saturated carbocycles. The van der Waals surface area contributed by atoms with Crippen LogP contribution in [0.5, 0.6) is 0 Å². The lowest BCUT2D eigenvalue weighted by molar-refractivity contribution is 0.0615. The number of aryl methyl sites for hydroxylation is 1. The lowest BCUT2D eigenvalue weighted by Gasteiger charge is -2.35. The molecular formula is C24H25FN4O2S. The Hall–Kier alpha value is -3.26. The number of carbonyl (C=O) groups is 2. The van der Waals surface area contributed by atoms with E-state index in [1.807, 2.05) is 36.6 Å². The predicted octanol–water partition coefficient (Wildman–Crippen LogP) is 5.07. The van der Waals surface area contributed by atoms with E-state index in [4.69, 9.17) is 0 Å². The lowest BCUT2D eigenvalue weighted by Crippen LogP contribution is -2.50. The molecule has 3 aromatic rings. The summed E-state index contributed by atoms with van der Waals surface area (Å²) in [6, 6.07) is 13.3. The molecule has 0 spiro atoms. The van der Waals surface area contributed by atoms with Crippen LogP contribution in [-0.2, 0) is 0 Å². The van der Waals surface area contributed by atoms with E-state index in [-0.39, 0.29) is 17.6 Å². The van der Waals surface area contributed by atoms with E-state index in [2.05, 4.69) is 15.6 Å². The van der Waals surface area contributed by atoms with Crippen molar-refractivity contribution < 1.29 is 14.0 Å². The van der Waals surface area contributed by atoms with Gasteiger partial charge in [-0.1, -0.05) is 36.4 Å². The third-order valence-electron chi connectivity index (χ3n) is 5.62. The highest BCUT2D eigenvalue weighted by atomic mass is 32.1. The summed E-state index contributed by atoms with van der Waals surface area (Å²) in [5, 5.41) is 7.65. The topological polar surface area (TPSA) is 74.3 Å². The third-order valence-corrected chi connectivity index (χ3v) is 6.45. The van der Waals surface area contributed by atoms with Crippen molar-refractivity contribution >= 4 is 29.0 Å². The van der Waals surface area contributed by atoms with Gasteiger partial charge in [-0.3, -0.25) is 4.79 Å². The zero-order chi connectivity index (χ0) is 22.5. The average molecular weight is 453 g/mol. The summed E-state index contributed by atoms with van der Waals surface area (Å²) in [4.78, 5) is 31.9. The van der Waals surface area contributed by atoms with Gasteiger partial charge in [-0.2, -0.15) is 0 Å². The van der Waals surface area contributed by atoms with Crippen LogP contribution in [-0.4, -0.2) is 41.0 Å². The van der Waals surface area contributed by atoms with Gasteiger partial charge in [-0.15, -0.1) is 11.3 Å². The number of halogens is 1. The van der Waals surface area contributed by atoms with Crippen LogP contribution in [0.1, 0.15) is 34.6 Å². The molecule has 0 radical (unpaired) electrons. The predicted molar refractivity (Wildman–Crippen MR) is 124 cm³/mol. The van der Waals surface area contributed by atoms with Crippen molar-refractivity contribution in [1.82, 2.24) is 15.2 Å². The standard InChI is InChI=1S/C24H25FN4O2S/c1-16-8-2-3-10-18(16)21-15-32-22(27-21)23(30)29-13-7-6-9-17(29)14-26-24(31)28-20-12-5-4-11-19(20)25/h2-5,8,10-12,15,17H,6-7,9,13-14H2,1H3,(H2,26,28,31). The maximum atomic E-state index is 13.7. The second kappa shape index (κ2) is 9.91. The van der Waals surface area contributed by atoms with E-state index in [1.54, 1.807) is 17.0 Å². The number of hydrogen-bond acceptors (Lipinski definition) is 4.